The number of piperidine rings is 1. The monoisotopic (exact) mass is 553 g/mol. The van der Waals surface area contributed by atoms with Gasteiger partial charge in [0.25, 0.3) is 0 Å². The third-order valence-corrected chi connectivity index (χ3v) is 8.35. The molecular weight excluding hydrogens is 521 g/mol. The molecule has 1 saturated heterocycles. The molecule has 1 amide bonds. The first-order valence-corrected chi connectivity index (χ1v) is 14.5. The number of carbonyl (C=O) groups excluding carboxylic acids is 1. The predicted molar refractivity (Wildman–Crippen MR) is 155 cm³/mol. The van der Waals surface area contributed by atoms with Crippen LogP contribution in [0.4, 0.5) is 15.8 Å². The van der Waals surface area contributed by atoms with Crippen LogP contribution in [-0.2, 0) is 11.3 Å². The third kappa shape index (κ3) is 4.89. The zero-order valence-electron chi connectivity index (χ0n) is 22.8. The number of halogens is 1. The summed E-state index contributed by atoms with van der Waals surface area (Å²) in [7, 11) is 0. The molecule has 11 heteroatoms. The lowest BCUT2D eigenvalue weighted by atomic mass is 9.88. The van der Waals surface area contributed by atoms with E-state index in [-0.39, 0.29) is 17.5 Å². The van der Waals surface area contributed by atoms with Crippen molar-refractivity contribution >= 4 is 34.0 Å². The normalized spacial score (nSPS) is 17.6. The van der Waals surface area contributed by atoms with Crippen LogP contribution in [0.25, 0.3) is 22.3 Å². The Labute approximate surface area is 236 Å². The molecule has 6 heterocycles. The Morgan fingerprint density at radius 1 is 0.976 bits per heavy atom. The number of nitrogens with zero attached hydrogens (tertiary/aromatic N) is 6. The number of imidazole rings is 1. The number of hydrazone groups is 1. The molecule has 4 aromatic rings. The summed E-state index contributed by atoms with van der Waals surface area (Å²) in [5.74, 6) is -0.0458. The van der Waals surface area contributed by atoms with Gasteiger partial charge in [0.05, 0.1) is 47.6 Å². The topological polar surface area (TPSA) is 124 Å². The molecule has 0 bridgehead atoms. The van der Waals surface area contributed by atoms with Gasteiger partial charge in [-0.25, -0.2) is 9.37 Å². The average molecular weight is 554 g/mol. The molecule has 1 aliphatic carbocycles. The molecule has 0 spiro atoms. The number of hydrogen-bond donors (Lipinski definition) is 3. The summed E-state index contributed by atoms with van der Waals surface area (Å²) < 4.78 is 16.3. The van der Waals surface area contributed by atoms with E-state index >= 15 is 4.39 Å². The average Bonchev–Trinajstić information content (AvgIpc) is 3.47. The number of pyridine rings is 3. The van der Waals surface area contributed by atoms with Crippen molar-refractivity contribution in [3.8, 4) is 11.3 Å². The van der Waals surface area contributed by atoms with E-state index in [0.717, 1.165) is 68.3 Å². The van der Waals surface area contributed by atoms with Gasteiger partial charge < -0.3 is 20.6 Å². The summed E-state index contributed by atoms with van der Waals surface area (Å²) in [6.07, 6.45) is 17.0. The highest BCUT2D eigenvalue weighted by Crippen LogP contribution is 2.32. The highest BCUT2D eigenvalue weighted by Gasteiger charge is 2.28. The highest BCUT2D eigenvalue weighted by atomic mass is 19.1. The van der Waals surface area contributed by atoms with Crippen molar-refractivity contribution in [3.63, 3.8) is 0 Å². The second kappa shape index (κ2) is 10.9. The summed E-state index contributed by atoms with van der Waals surface area (Å²) in [5.41, 5.74) is 8.10. The maximum atomic E-state index is 16.3. The SMILES string of the molecule is O=C(Nc1cncc(-c2ncc3c(c2F)C(c2nc4c(N5CCCCC5)cncc4[nH]2)=NNC3)c1)C1CCCCC1. The molecule has 41 heavy (non-hydrogen) atoms. The Balaban J connectivity index is 1.22. The Bertz CT molecular complexity index is 1640. The van der Waals surface area contributed by atoms with E-state index in [2.05, 4.69) is 40.7 Å². The van der Waals surface area contributed by atoms with E-state index in [1.807, 2.05) is 6.20 Å². The van der Waals surface area contributed by atoms with E-state index in [1.54, 1.807) is 30.9 Å². The first-order chi connectivity index (χ1) is 20.2. The van der Waals surface area contributed by atoms with Gasteiger partial charge in [-0.1, -0.05) is 19.3 Å². The molecule has 7 rings (SSSR count). The number of carbonyl (C=O) groups is 1. The number of hydrogen-bond acceptors (Lipinski definition) is 8. The van der Waals surface area contributed by atoms with Crippen LogP contribution in [0, 0.1) is 11.7 Å². The quantitative estimate of drug-likeness (QED) is 0.321. The van der Waals surface area contributed by atoms with E-state index in [9.17, 15) is 4.79 Å². The van der Waals surface area contributed by atoms with Gasteiger partial charge in [-0.05, 0) is 38.2 Å². The standard InChI is InChI=1S/C30H32FN9O/c31-25-24-20(13-34-26(25)19-11-21(15-32-12-19)36-30(41)18-7-3-1-4-8-18)14-35-39-28(24)29-37-22-16-33-17-23(27(22)38-29)40-9-5-2-6-10-40/h11-13,15-18,35H,1-10,14H2,(H,36,41)(H,37,38). The fraction of sp³-hybridized carbons (Fsp3) is 0.400. The number of aromatic nitrogens is 5. The van der Waals surface area contributed by atoms with Gasteiger partial charge in [0, 0.05) is 42.5 Å². The molecule has 210 valence electrons. The van der Waals surface area contributed by atoms with E-state index < -0.39 is 5.82 Å². The van der Waals surface area contributed by atoms with Crippen molar-refractivity contribution in [2.24, 2.45) is 11.0 Å². The molecule has 0 aromatic carbocycles. The molecule has 2 aliphatic heterocycles. The summed E-state index contributed by atoms with van der Waals surface area (Å²) in [6, 6.07) is 1.72. The minimum atomic E-state index is -0.504. The van der Waals surface area contributed by atoms with Gasteiger partial charge in [0.15, 0.2) is 11.6 Å². The third-order valence-electron chi connectivity index (χ3n) is 8.35. The molecule has 4 aromatic heterocycles. The molecule has 3 N–H and O–H groups in total. The van der Waals surface area contributed by atoms with Crippen LogP contribution in [-0.4, -0.2) is 49.6 Å². The fourth-order valence-corrected chi connectivity index (χ4v) is 6.19. The number of nitrogens with one attached hydrogen (secondary N) is 3. The number of fused-ring (bicyclic) bond motifs is 2. The minimum absolute atomic E-state index is 0.00622. The summed E-state index contributed by atoms with van der Waals surface area (Å²) in [5, 5.41) is 7.46. The summed E-state index contributed by atoms with van der Waals surface area (Å²) in [6.45, 7) is 2.28. The fourth-order valence-electron chi connectivity index (χ4n) is 6.19. The number of anilines is 2. The van der Waals surface area contributed by atoms with Gasteiger partial charge in [-0.2, -0.15) is 5.10 Å². The number of amides is 1. The van der Waals surface area contributed by atoms with Gasteiger partial charge in [0.1, 0.15) is 16.9 Å². The zero-order valence-corrected chi connectivity index (χ0v) is 22.8. The highest BCUT2D eigenvalue weighted by molar-refractivity contribution is 6.14. The molecular formula is C30H32FN9O. The lowest BCUT2D eigenvalue weighted by Gasteiger charge is -2.28. The van der Waals surface area contributed by atoms with Gasteiger partial charge in [-0.3, -0.25) is 19.7 Å². The Kier molecular flexibility index (Phi) is 6.77. The van der Waals surface area contributed by atoms with E-state index in [0.29, 0.717) is 40.5 Å². The molecule has 0 unspecified atom stereocenters. The van der Waals surface area contributed by atoms with Crippen molar-refractivity contribution in [2.75, 3.05) is 23.3 Å². The summed E-state index contributed by atoms with van der Waals surface area (Å²) >= 11 is 0. The maximum Gasteiger partial charge on any atom is 0.227 e. The Morgan fingerprint density at radius 2 is 1.78 bits per heavy atom. The number of H-pyrrole nitrogens is 1. The second-order valence-corrected chi connectivity index (χ2v) is 11.1. The van der Waals surface area contributed by atoms with Crippen LogP contribution >= 0.6 is 0 Å². The Morgan fingerprint density at radius 3 is 2.63 bits per heavy atom. The van der Waals surface area contributed by atoms with Crippen LogP contribution < -0.4 is 15.6 Å². The van der Waals surface area contributed by atoms with Crippen LogP contribution in [0.2, 0.25) is 0 Å². The molecule has 3 aliphatic rings. The maximum absolute atomic E-state index is 16.3. The van der Waals surface area contributed by atoms with Crippen LogP contribution in [0.3, 0.4) is 0 Å². The van der Waals surface area contributed by atoms with Crippen LogP contribution in [0.1, 0.15) is 68.3 Å². The first kappa shape index (κ1) is 25.6. The number of rotatable bonds is 5. The molecule has 0 atom stereocenters. The lowest BCUT2D eigenvalue weighted by molar-refractivity contribution is -0.120. The van der Waals surface area contributed by atoms with Gasteiger partial charge >= 0.3 is 0 Å². The molecule has 1 saturated carbocycles. The minimum Gasteiger partial charge on any atom is -0.368 e. The van der Waals surface area contributed by atoms with Crippen molar-refractivity contribution in [1.82, 2.24) is 30.3 Å². The zero-order chi connectivity index (χ0) is 27.8. The van der Waals surface area contributed by atoms with Crippen molar-refractivity contribution < 1.29 is 9.18 Å². The van der Waals surface area contributed by atoms with E-state index in [1.165, 1.54) is 12.8 Å². The Hall–Kier alpha value is -4.41. The first-order valence-electron chi connectivity index (χ1n) is 14.5. The second-order valence-electron chi connectivity index (χ2n) is 11.1. The number of aromatic amines is 1. The largest absolute Gasteiger partial charge is 0.368 e. The van der Waals surface area contributed by atoms with Crippen LogP contribution in [0.5, 0.6) is 0 Å². The van der Waals surface area contributed by atoms with Gasteiger partial charge in [-0.15, -0.1) is 0 Å². The van der Waals surface area contributed by atoms with Crippen molar-refractivity contribution in [1.29, 1.82) is 0 Å². The molecule has 10 nitrogen and oxygen atoms in total. The molecule has 2 fully saturated rings. The summed E-state index contributed by atoms with van der Waals surface area (Å²) in [4.78, 5) is 36.5. The van der Waals surface area contributed by atoms with Crippen molar-refractivity contribution in [2.45, 2.75) is 57.9 Å². The van der Waals surface area contributed by atoms with Gasteiger partial charge in [0.2, 0.25) is 5.91 Å². The predicted octanol–water partition coefficient (Wildman–Crippen LogP) is 4.92. The molecule has 0 radical (unpaired) electrons. The van der Waals surface area contributed by atoms with Crippen molar-refractivity contribution in [3.05, 3.63) is 59.8 Å². The lowest BCUT2D eigenvalue weighted by Crippen LogP contribution is -2.29. The van der Waals surface area contributed by atoms with E-state index in [4.69, 9.17) is 4.98 Å². The van der Waals surface area contributed by atoms with Crippen LogP contribution in [0.15, 0.2) is 42.2 Å². The smallest absolute Gasteiger partial charge is 0.227 e.